The maximum atomic E-state index is 14.2. The highest BCUT2D eigenvalue weighted by molar-refractivity contribution is 6.06. The van der Waals surface area contributed by atoms with E-state index in [1.54, 1.807) is 0 Å². The molecule has 0 bridgehead atoms. The summed E-state index contributed by atoms with van der Waals surface area (Å²) in [5.41, 5.74) is 3.55. The van der Waals surface area contributed by atoms with E-state index in [1.165, 1.54) is 30.4 Å². The van der Waals surface area contributed by atoms with E-state index in [0.29, 0.717) is 5.95 Å². The smallest absolute Gasteiger partial charge is 0.353 e. The molecule has 3 N–H and O–H groups in total. The van der Waals surface area contributed by atoms with Crippen LogP contribution in [0.25, 0.3) is 0 Å². The molecule has 10 heteroatoms. The molecule has 1 unspecified atom stereocenters. The van der Waals surface area contributed by atoms with Gasteiger partial charge in [0, 0.05) is 18.4 Å². The van der Waals surface area contributed by atoms with Gasteiger partial charge in [-0.25, -0.2) is 19.2 Å². The third-order valence-electron chi connectivity index (χ3n) is 4.67. The van der Waals surface area contributed by atoms with Crippen molar-refractivity contribution >= 4 is 23.7 Å². The molecule has 2 amide bonds. The van der Waals surface area contributed by atoms with Crippen LogP contribution in [-0.2, 0) is 27.2 Å². The summed E-state index contributed by atoms with van der Waals surface area (Å²) >= 11 is 0. The molecular formula is C20H22FN5O4. The van der Waals surface area contributed by atoms with Crippen LogP contribution in [0.4, 0.5) is 10.3 Å². The first-order valence-corrected chi connectivity index (χ1v) is 9.43. The summed E-state index contributed by atoms with van der Waals surface area (Å²) in [4.78, 5) is 43.6. The minimum atomic E-state index is -2.94. The molecule has 3 rings (SSSR count). The summed E-state index contributed by atoms with van der Waals surface area (Å²) in [6, 6.07) is 8.34. The molecule has 0 fully saturated rings. The van der Waals surface area contributed by atoms with Crippen molar-refractivity contribution in [1.82, 2.24) is 20.8 Å². The summed E-state index contributed by atoms with van der Waals surface area (Å²) in [5, 5.41) is 3.22. The number of nitrogens with one attached hydrogen (secondary N) is 3. The van der Waals surface area contributed by atoms with Crippen LogP contribution in [0.15, 0.2) is 36.7 Å². The third-order valence-corrected chi connectivity index (χ3v) is 4.67. The number of halogens is 1. The van der Waals surface area contributed by atoms with Crippen molar-refractivity contribution in [2.24, 2.45) is 0 Å². The molecule has 0 saturated carbocycles. The topological polar surface area (TPSA) is 122 Å². The van der Waals surface area contributed by atoms with Crippen molar-refractivity contribution in [3.8, 4) is 0 Å². The van der Waals surface area contributed by atoms with Crippen molar-refractivity contribution < 1.29 is 23.5 Å². The fraction of sp³-hybridized carbons (Fsp3) is 0.350. The SMILES string of the molecule is CCOC(=O)C(C)(F)C(=O)NNC(=O)c1cnc(NC2Cc3ccccc3C2)nc1. The van der Waals surface area contributed by atoms with Crippen LogP contribution >= 0.6 is 0 Å². The Bertz CT molecular complexity index is 923. The second kappa shape index (κ2) is 8.85. The number of nitrogens with zero attached hydrogens (tertiary/aromatic N) is 2. The Balaban J connectivity index is 1.52. The molecular weight excluding hydrogens is 393 g/mol. The fourth-order valence-electron chi connectivity index (χ4n) is 3.03. The fourth-order valence-corrected chi connectivity index (χ4v) is 3.03. The molecule has 0 aliphatic heterocycles. The number of rotatable bonds is 6. The average Bonchev–Trinajstić information content (AvgIpc) is 3.14. The number of hydrogen-bond donors (Lipinski definition) is 3. The highest BCUT2D eigenvalue weighted by atomic mass is 19.1. The van der Waals surface area contributed by atoms with Gasteiger partial charge >= 0.3 is 5.97 Å². The van der Waals surface area contributed by atoms with Gasteiger partial charge in [-0.1, -0.05) is 24.3 Å². The van der Waals surface area contributed by atoms with Crippen molar-refractivity contribution in [3.63, 3.8) is 0 Å². The number of anilines is 1. The van der Waals surface area contributed by atoms with Gasteiger partial charge in [0.2, 0.25) is 5.95 Å². The average molecular weight is 415 g/mol. The van der Waals surface area contributed by atoms with Crippen LogP contribution in [0.1, 0.15) is 35.3 Å². The minimum Gasteiger partial charge on any atom is -0.463 e. The highest BCUT2D eigenvalue weighted by Gasteiger charge is 2.43. The number of benzene rings is 1. The van der Waals surface area contributed by atoms with Crippen molar-refractivity contribution in [2.45, 2.75) is 38.4 Å². The number of aromatic nitrogens is 2. The Morgan fingerprint density at radius 1 is 1.13 bits per heavy atom. The van der Waals surface area contributed by atoms with E-state index in [-0.39, 0.29) is 18.2 Å². The van der Waals surface area contributed by atoms with Gasteiger partial charge < -0.3 is 10.1 Å². The Labute approximate surface area is 172 Å². The van der Waals surface area contributed by atoms with Gasteiger partial charge in [-0.2, -0.15) is 0 Å². The second-order valence-corrected chi connectivity index (χ2v) is 6.95. The lowest BCUT2D eigenvalue weighted by molar-refractivity contribution is -0.162. The number of amides is 2. The van der Waals surface area contributed by atoms with Gasteiger partial charge in [-0.05, 0) is 37.8 Å². The molecule has 9 nitrogen and oxygen atoms in total. The van der Waals surface area contributed by atoms with Gasteiger partial charge in [0.25, 0.3) is 17.5 Å². The molecule has 0 radical (unpaired) electrons. The number of esters is 1. The van der Waals surface area contributed by atoms with Gasteiger partial charge in [-0.15, -0.1) is 0 Å². The molecule has 30 heavy (non-hydrogen) atoms. The Kier molecular flexibility index (Phi) is 6.24. The monoisotopic (exact) mass is 415 g/mol. The maximum Gasteiger partial charge on any atom is 0.353 e. The van der Waals surface area contributed by atoms with Crippen LogP contribution in [-0.4, -0.2) is 46.1 Å². The van der Waals surface area contributed by atoms with Crippen molar-refractivity contribution in [1.29, 1.82) is 0 Å². The second-order valence-electron chi connectivity index (χ2n) is 6.95. The first-order valence-electron chi connectivity index (χ1n) is 9.43. The quantitative estimate of drug-likeness (QED) is 0.367. The minimum absolute atomic E-state index is 0.0484. The van der Waals surface area contributed by atoms with Gasteiger partial charge in [-0.3, -0.25) is 20.4 Å². The van der Waals surface area contributed by atoms with E-state index < -0.39 is 23.5 Å². The van der Waals surface area contributed by atoms with Crippen molar-refractivity contribution in [3.05, 3.63) is 53.3 Å². The van der Waals surface area contributed by atoms with Gasteiger partial charge in [0.15, 0.2) is 0 Å². The molecule has 0 spiro atoms. The Morgan fingerprint density at radius 2 is 1.73 bits per heavy atom. The van der Waals surface area contributed by atoms with E-state index >= 15 is 0 Å². The molecule has 1 atom stereocenters. The van der Waals surface area contributed by atoms with E-state index in [9.17, 15) is 18.8 Å². The summed E-state index contributed by atoms with van der Waals surface area (Å²) in [5.74, 6) is -3.09. The lowest BCUT2D eigenvalue weighted by atomic mass is 10.1. The number of alkyl halides is 1. The van der Waals surface area contributed by atoms with Gasteiger partial charge in [0.05, 0.1) is 12.2 Å². The number of hydrogen-bond acceptors (Lipinski definition) is 7. The predicted octanol–water partition coefficient (Wildman–Crippen LogP) is 1.11. The number of ether oxygens (including phenoxy) is 1. The van der Waals surface area contributed by atoms with Crippen LogP contribution < -0.4 is 16.2 Å². The van der Waals surface area contributed by atoms with E-state index in [1.807, 2.05) is 23.0 Å². The van der Waals surface area contributed by atoms with Gasteiger partial charge in [0.1, 0.15) is 0 Å². The van der Waals surface area contributed by atoms with Crippen molar-refractivity contribution in [2.75, 3.05) is 11.9 Å². The number of carbonyl (C=O) groups excluding carboxylic acids is 3. The highest BCUT2D eigenvalue weighted by Crippen LogP contribution is 2.23. The molecule has 1 heterocycles. The van der Waals surface area contributed by atoms with Crippen LogP contribution in [0, 0.1) is 0 Å². The Hall–Kier alpha value is -3.56. The molecule has 158 valence electrons. The summed E-state index contributed by atoms with van der Waals surface area (Å²) < 4.78 is 18.7. The molecule has 1 aliphatic rings. The van der Waals surface area contributed by atoms with Crippen LogP contribution in [0.2, 0.25) is 0 Å². The normalized spacial score (nSPS) is 14.9. The zero-order valence-electron chi connectivity index (χ0n) is 16.6. The van der Waals surface area contributed by atoms with E-state index in [0.717, 1.165) is 19.8 Å². The van der Waals surface area contributed by atoms with Crippen LogP contribution in [0.5, 0.6) is 0 Å². The summed E-state index contributed by atoms with van der Waals surface area (Å²) in [6.45, 7) is 2.15. The Morgan fingerprint density at radius 3 is 2.30 bits per heavy atom. The third kappa shape index (κ3) is 4.70. The summed E-state index contributed by atoms with van der Waals surface area (Å²) in [6.07, 6.45) is 4.27. The number of carbonyl (C=O) groups is 3. The molecule has 2 aromatic rings. The number of hydrazine groups is 1. The predicted molar refractivity (Wildman–Crippen MR) is 105 cm³/mol. The largest absolute Gasteiger partial charge is 0.463 e. The first kappa shape index (κ1) is 21.2. The molecule has 1 aromatic carbocycles. The lowest BCUT2D eigenvalue weighted by Crippen LogP contribution is -2.53. The van der Waals surface area contributed by atoms with E-state index in [4.69, 9.17) is 0 Å². The molecule has 1 aliphatic carbocycles. The molecule has 0 saturated heterocycles. The zero-order valence-corrected chi connectivity index (χ0v) is 16.6. The standard InChI is InChI=1S/C20H22FN5O4/c1-3-30-18(29)20(2,21)17(28)26-25-16(27)14-10-22-19(23-11-14)24-15-8-12-6-4-5-7-13(12)9-15/h4-7,10-11,15H,3,8-9H2,1-2H3,(H,25,27)(H,26,28)(H,22,23,24). The molecule has 1 aromatic heterocycles. The summed E-state index contributed by atoms with van der Waals surface area (Å²) in [7, 11) is 0. The van der Waals surface area contributed by atoms with E-state index in [2.05, 4.69) is 32.2 Å². The lowest BCUT2D eigenvalue weighted by Gasteiger charge is -2.18. The zero-order chi connectivity index (χ0) is 21.7. The maximum absolute atomic E-state index is 14.2. The van der Waals surface area contributed by atoms with Crippen LogP contribution in [0.3, 0.4) is 0 Å². The number of fused-ring (bicyclic) bond motifs is 1. The first-order chi connectivity index (χ1) is 14.3.